The highest BCUT2D eigenvalue weighted by Crippen LogP contribution is 2.22. The Morgan fingerprint density at radius 2 is 2.16 bits per heavy atom. The van der Waals surface area contributed by atoms with Crippen LogP contribution >= 0.6 is 11.6 Å². The highest BCUT2D eigenvalue weighted by atomic mass is 35.5. The first-order chi connectivity index (χ1) is 9.02. The topological polar surface area (TPSA) is 47.6 Å². The number of esters is 1. The van der Waals surface area contributed by atoms with Gasteiger partial charge in [0, 0.05) is 17.1 Å². The molecule has 0 saturated carbocycles. The second-order valence-corrected chi connectivity index (χ2v) is 4.80. The van der Waals surface area contributed by atoms with Gasteiger partial charge < -0.3 is 14.8 Å². The molecule has 0 aromatic heterocycles. The van der Waals surface area contributed by atoms with Crippen LogP contribution in [-0.4, -0.2) is 25.2 Å². The van der Waals surface area contributed by atoms with Crippen molar-refractivity contribution < 1.29 is 14.3 Å². The van der Waals surface area contributed by atoms with Crippen LogP contribution in [0.15, 0.2) is 18.2 Å². The Kier molecular flexibility index (Phi) is 6.67. The normalized spacial score (nSPS) is 10.6. The lowest BCUT2D eigenvalue weighted by molar-refractivity contribution is -0.149. The van der Waals surface area contributed by atoms with Gasteiger partial charge in [0.25, 0.3) is 0 Å². The molecule has 1 N–H and O–H groups in total. The van der Waals surface area contributed by atoms with Crippen molar-refractivity contribution in [3.8, 4) is 5.75 Å². The molecule has 106 valence electrons. The van der Waals surface area contributed by atoms with Crippen LogP contribution in [0.5, 0.6) is 5.75 Å². The minimum Gasteiger partial charge on any atom is -0.482 e. The second kappa shape index (κ2) is 8.02. The van der Waals surface area contributed by atoms with Crippen LogP contribution in [-0.2, 0) is 16.1 Å². The molecule has 0 radical (unpaired) electrons. The van der Waals surface area contributed by atoms with E-state index in [2.05, 4.69) is 5.32 Å². The standard InChI is InChI=1S/C14H20ClNO3/c1-4-16-8-11-7-12(15)5-6-13(11)18-9-14(17)19-10(2)3/h5-7,10,16H,4,8-9H2,1-3H3. The highest BCUT2D eigenvalue weighted by molar-refractivity contribution is 6.30. The quantitative estimate of drug-likeness (QED) is 0.783. The molecule has 0 saturated heterocycles. The third-order valence-corrected chi connectivity index (χ3v) is 2.54. The molecule has 1 aromatic rings. The van der Waals surface area contributed by atoms with Crippen molar-refractivity contribution in [3.05, 3.63) is 28.8 Å². The van der Waals surface area contributed by atoms with E-state index >= 15 is 0 Å². The summed E-state index contributed by atoms with van der Waals surface area (Å²) in [6, 6.07) is 5.32. The Labute approximate surface area is 119 Å². The summed E-state index contributed by atoms with van der Waals surface area (Å²) in [4.78, 5) is 11.4. The van der Waals surface area contributed by atoms with Gasteiger partial charge >= 0.3 is 5.97 Å². The Balaban J connectivity index is 2.63. The zero-order valence-corrected chi connectivity index (χ0v) is 12.3. The molecule has 1 aromatic carbocycles. The van der Waals surface area contributed by atoms with Gasteiger partial charge in [-0.2, -0.15) is 0 Å². The van der Waals surface area contributed by atoms with E-state index in [9.17, 15) is 4.79 Å². The smallest absolute Gasteiger partial charge is 0.344 e. The maximum atomic E-state index is 11.4. The number of hydrogen-bond acceptors (Lipinski definition) is 4. The van der Waals surface area contributed by atoms with Gasteiger partial charge in [0.2, 0.25) is 0 Å². The number of carbonyl (C=O) groups excluding carboxylic acids is 1. The Bertz CT molecular complexity index is 421. The van der Waals surface area contributed by atoms with Crippen molar-refractivity contribution in [1.29, 1.82) is 0 Å². The molecule has 19 heavy (non-hydrogen) atoms. The Morgan fingerprint density at radius 1 is 1.42 bits per heavy atom. The van der Waals surface area contributed by atoms with Crippen molar-refractivity contribution in [2.24, 2.45) is 0 Å². The molecule has 0 spiro atoms. The number of carbonyl (C=O) groups is 1. The molecule has 5 heteroatoms. The van der Waals surface area contributed by atoms with Gasteiger partial charge in [-0.25, -0.2) is 4.79 Å². The molecule has 0 aliphatic heterocycles. The number of hydrogen-bond donors (Lipinski definition) is 1. The molecule has 0 amide bonds. The first kappa shape index (κ1) is 15.8. The van der Waals surface area contributed by atoms with Crippen LogP contribution in [0.1, 0.15) is 26.3 Å². The summed E-state index contributed by atoms with van der Waals surface area (Å²) in [5.41, 5.74) is 0.923. The van der Waals surface area contributed by atoms with E-state index in [1.165, 1.54) is 0 Å². The zero-order valence-electron chi connectivity index (χ0n) is 11.5. The Hall–Kier alpha value is -1.26. The average Bonchev–Trinajstić information content (AvgIpc) is 2.34. The summed E-state index contributed by atoms with van der Waals surface area (Å²) < 4.78 is 10.5. The van der Waals surface area contributed by atoms with Crippen LogP contribution in [0.25, 0.3) is 0 Å². The molecule has 0 aliphatic rings. The van der Waals surface area contributed by atoms with E-state index in [0.717, 1.165) is 12.1 Å². The molecular formula is C14H20ClNO3. The largest absolute Gasteiger partial charge is 0.482 e. The maximum absolute atomic E-state index is 11.4. The van der Waals surface area contributed by atoms with Crippen LogP contribution < -0.4 is 10.1 Å². The molecule has 0 unspecified atom stereocenters. The Morgan fingerprint density at radius 3 is 2.79 bits per heavy atom. The lowest BCUT2D eigenvalue weighted by Crippen LogP contribution is -2.20. The van der Waals surface area contributed by atoms with Gasteiger partial charge in [0.1, 0.15) is 5.75 Å². The number of rotatable bonds is 7. The van der Waals surface area contributed by atoms with E-state index < -0.39 is 0 Å². The van der Waals surface area contributed by atoms with Crippen LogP contribution in [0, 0.1) is 0 Å². The lowest BCUT2D eigenvalue weighted by atomic mass is 10.2. The summed E-state index contributed by atoms with van der Waals surface area (Å²) >= 11 is 5.95. The third-order valence-electron chi connectivity index (χ3n) is 2.30. The number of halogens is 1. The van der Waals surface area contributed by atoms with E-state index in [1.54, 1.807) is 26.0 Å². The summed E-state index contributed by atoms with van der Waals surface area (Å²) in [5.74, 6) is 0.269. The van der Waals surface area contributed by atoms with E-state index in [1.807, 2.05) is 13.0 Å². The number of nitrogens with one attached hydrogen (secondary N) is 1. The summed E-state index contributed by atoms with van der Waals surface area (Å²) in [7, 11) is 0. The van der Waals surface area contributed by atoms with Gasteiger partial charge in [0.15, 0.2) is 6.61 Å². The van der Waals surface area contributed by atoms with Crippen LogP contribution in [0.4, 0.5) is 0 Å². The molecule has 0 bridgehead atoms. The van der Waals surface area contributed by atoms with Crippen molar-refractivity contribution in [3.63, 3.8) is 0 Å². The first-order valence-electron chi connectivity index (χ1n) is 6.34. The van der Waals surface area contributed by atoms with Gasteiger partial charge in [-0.3, -0.25) is 0 Å². The van der Waals surface area contributed by atoms with Crippen molar-refractivity contribution in [1.82, 2.24) is 5.32 Å². The predicted molar refractivity (Wildman–Crippen MR) is 75.6 cm³/mol. The van der Waals surface area contributed by atoms with E-state index in [4.69, 9.17) is 21.1 Å². The van der Waals surface area contributed by atoms with Crippen LogP contribution in [0.3, 0.4) is 0 Å². The van der Waals surface area contributed by atoms with E-state index in [0.29, 0.717) is 17.3 Å². The third kappa shape index (κ3) is 5.94. The molecule has 0 heterocycles. The molecular weight excluding hydrogens is 266 g/mol. The first-order valence-corrected chi connectivity index (χ1v) is 6.72. The molecule has 4 nitrogen and oxygen atoms in total. The lowest BCUT2D eigenvalue weighted by Gasteiger charge is -2.13. The monoisotopic (exact) mass is 285 g/mol. The number of ether oxygens (including phenoxy) is 2. The van der Waals surface area contributed by atoms with Crippen molar-refractivity contribution >= 4 is 17.6 Å². The molecule has 0 atom stereocenters. The van der Waals surface area contributed by atoms with Crippen molar-refractivity contribution in [2.75, 3.05) is 13.2 Å². The van der Waals surface area contributed by atoms with Crippen molar-refractivity contribution in [2.45, 2.75) is 33.4 Å². The number of benzene rings is 1. The summed E-state index contributed by atoms with van der Waals surface area (Å²) in [6.45, 7) is 7.02. The summed E-state index contributed by atoms with van der Waals surface area (Å²) in [5, 5.41) is 3.84. The SMILES string of the molecule is CCNCc1cc(Cl)ccc1OCC(=O)OC(C)C. The van der Waals surface area contributed by atoms with Crippen LogP contribution in [0.2, 0.25) is 5.02 Å². The molecule has 0 fully saturated rings. The average molecular weight is 286 g/mol. The van der Waals surface area contributed by atoms with Gasteiger partial charge in [0.05, 0.1) is 6.10 Å². The fourth-order valence-corrected chi connectivity index (χ4v) is 1.71. The molecule has 1 rings (SSSR count). The van der Waals surface area contributed by atoms with Gasteiger partial charge in [-0.1, -0.05) is 18.5 Å². The van der Waals surface area contributed by atoms with Gasteiger partial charge in [-0.05, 0) is 38.6 Å². The molecule has 0 aliphatic carbocycles. The van der Waals surface area contributed by atoms with Gasteiger partial charge in [-0.15, -0.1) is 0 Å². The minimum absolute atomic E-state index is 0.0983. The highest BCUT2D eigenvalue weighted by Gasteiger charge is 2.09. The second-order valence-electron chi connectivity index (χ2n) is 4.36. The maximum Gasteiger partial charge on any atom is 0.344 e. The summed E-state index contributed by atoms with van der Waals surface area (Å²) in [6.07, 6.45) is -0.137. The fourth-order valence-electron chi connectivity index (χ4n) is 1.52. The minimum atomic E-state index is -0.376. The fraction of sp³-hybridized carbons (Fsp3) is 0.500. The van der Waals surface area contributed by atoms with E-state index in [-0.39, 0.29) is 18.7 Å². The zero-order chi connectivity index (χ0) is 14.3. The predicted octanol–water partition coefficient (Wildman–Crippen LogP) is 2.78.